The Morgan fingerprint density at radius 2 is 1.92 bits per heavy atom. The van der Waals surface area contributed by atoms with Crippen LogP contribution in [-0.4, -0.2) is 23.2 Å². The van der Waals surface area contributed by atoms with E-state index in [1.54, 1.807) is 0 Å². The second-order valence-electron chi connectivity index (χ2n) is 8.35. The van der Waals surface area contributed by atoms with Gasteiger partial charge in [-0.15, -0.1) is 0 Å². The predicted octanol–water partition coefficient (Wildman–Crippen LogP) is 4.74. The quantitative estimate of drug-likeness (QED) is 0.740. The highest BCUT2D eigenvalue weighted by molar-refractivity contribution is 5.83. The van der Waals surface area contributed by atoms with Crippen LogP contribution in [0.5, 0.6) is 0 Å². The molecule has 2 aromatic carbocycles. The van der Waals surface area contributed by atoms with Crippen molar-refractivity contribution in [3.63, 3.8) is 0 Å². The molecule has 3 aromatic rings. The molecule has 3 aliphatic rings. The second kappa shape index (κ2) is 5.37. The van der Waals surface area contributed by atoms with Crippen molar-refractivity contribution in [1.29, 1.82) is 0 Å². The largest absolute Gasteiger partial charge is 0.374 e. The first-order valence-corrected chi connectivity index (χ1v) is 9.83. The summed E-state index contributed by atoms with van der Waals surface area (Å²) in [5.41, 5.74) is 4.25. The van der Waals surface area contributed by atoms with Crippen LogP contribution in [0.25, 0.3) is 10.9 Å². The maximum absolute atomic E-state index is 5.97. The van der Waals surface area contributed by atoms with Gasteiger partial charge in [-0.25, -0.2) is 0 Å². The molecule has 0 bridgehead atoms. The highest BCUT2D eigenvalue weighted by Gasteiger charge is 2.68. The lowest BCUT2D eigenvalue weighted by Crippen LogP contribution is -2.52. The number of fused-ring (bicyclic) bond motifs is 1. The van der Waals surface area contributed by atoms with Gasteiger partial charge in [0.2, 0.25) is 0 Å². The third-order valence-corrected chi connectivity index (χ3v) is 6.96. The first kappa shape index (κ1) is 14.9. The summed E-state index contributed by atoms with van der Waals surface area (Å²) in [7, 11) is 0. The third kappa shape index (κ3) is 2.16. The summed E-state index contributed by atoms with van der Waals surface area (Å²) >= 11 is 0. The molecular weight excluding hydrogens is 320 g/mol. The zero-order valence-electron chi connectivity index (χ0n) is 14.9. The van der Waals surface area contributed by atoms with Crippen molar-refractivity contribution in [2.24, 2.45) is 11.8 Å². The molecular formula is C23H24N2O. The molecule has 0 radical (unpaired) electrons. The molecule has 3 heteroatoms. The Bertz CT molecular complexity index is 949. The molecule has 1 aliphatic heterocycles. The van der Waals surface area contributed by atoms with Gasteiger partial charge in [0.15, 0.2) is 0 Å². The van der Waals surface area contributed by atoms with Gasteiger partial charge in [0.25, 0.3) is 0 Å². The van der Waals surface area contributed by atoms with Gasteiger partial charge in [-0.05, 0) is 55.0 Å². The van der Waals surface area contributed by atoms with Crippen molar-refractivity contribution < 1.29 is 4.74 Å². The van der Waals surface area contributed by atoms with Crippen LogP contribution in [0.3, 0.4) is 0 Å². The van der Waals surface area contributed by atoms with Crippen molar-refractivity contribution in [2.75, 3.05) is 11.5 Å². The van der Waals surface area contributed by atoms with Gasteiger partial charge in [-0.3, -0.25) is 0 Å². The summed E-state index contributed by atoms with van der Waals surface area (Å²) in [6.07, 6.45) is 5.87. The fraction of sp³-hybridized carbons (Fsp3) is 0.391. The van der Waals surface area contributed by atoms with E-state index in [0.717, 1.165) is 25.0 Å². The van der Waals surface area contributed by atoms with Gasteiger partial charge < -0.3 is 14.6 Å². The SMILES string of the molecule is c1ccc(CN(c2ccc3[nH]ccc3c2)C2CC3COC34CC4C2)cc1. The second-order valence-corrected chi connectivity index (χ2v) is 8.35. The smallest absolute Gasteiger partial charge is 0.0767 e. The molecule has 3 nitrogen and oxygen atoms in total. The normalized spacial score (nSPS) is 31.8. The number of hydrogen-bond acceptors (Lipinski definition) is 2. The highest BCUT2D eigenvalue weighted by Crippen LogP contribution is 2.65. The van der Waals surface area contributed by atoms with Crippen LogP contribution in [-0.2, 0) is 11.3 Å². The molecule has 2 heterocycles. The van der Waals surface area contributed by atoms with E-state index in [0.29, 0.717) is 11.6 Å². The molecule has 1 aromatic heterocycles. The molecule has 1 N–H and O–H groups in total. The van der Waals surface area contributed by atoms with Crippen molar-refractivity contribution >= 4 is 16.6 Å². The number of benzene rings is 2. The van der Waals surface area contributed by atoms with E-state index in [9.17, 15) is 0 Å². The molecule has 26 heavy (non-hydrogen) atoms. The average Bonchev–Trinajstić information content (AvgIpc) is 3.25. The topological polar surface area (TPSA) is 28.3 Å². The molecule has 1 spiro atoms. The summed E-state index contributed by atoms with van der Waals surface area (Å²) < 4.78 is 5.97. The van der Waals surface area contributed by atoms with E-state index < -0.39 is 0 Å². The van der Waals surface area contributed by atoms with Crippen LogP contribution >= 0.6 is 0 Å². The van der Waals surface area contributed by atoms with E-state index >= 15 is 0 Å². The first-order chi connectivity index (χ1) is 12.8. The van der Waals surface area contributed by atoms with Crippen LogP contribution in [0.1, 0.15) is 24.8 Å². The molecule has 3 fully saturated rings. The number of H-pyrrole nitrogens is 1. The number of rotatable bonds is 4. The van der Waals surface area contributed by atoms with Crippen LogP contribution < -0.4 is 4.90 Å². The lowest BCUT2D eigenvalue weighted by Gasteiger charge is -2.47. The van der Waals surface area contributed by atoms with Crippen LogP contribution in [0, 0.1) is 11.8 Å². The van der Waals surface area contributed by atoms with Crippen molar-refractivity contribution in [1.82, 2.24) is 4.98 Å². The number of aromatic nitrogens is 1. The molecule has 4 unspecified atom stereocenters. The van der Waals surface area contributed by atoms with Gasteiger partial charge in [0.05, 0.1) is 12.2 Å². The Hall–Kier alpha value is -2.26. The Balaban J connectivity index is 1.36. The first-order valence-electron chi connectivity index (χ1n) is 9.83. The van der Waals surface area contributed by atoms with Crippen LogP contribution in [0.2, 0.25) is 0 Å². The van der Waals surface area contributed by atoms with Crippen LogP contribution in [0.4, 0.5) is 5.69 Å². The summed E-state index contributed by atoms with van der Waals surface area (Å²) in [5, 5.41) is 1.30. The summed E-state index contributed by atoms with van der Waals surface area (Å²) in [4.78, 5) is 5.97. The number of hydrogen-bond donors (Lipinski definition) is 1. The Kier molecular flexibility index (Phi) is 3.07. The molecule has 0 amide bonds. The lowest BCUT2D eigenvalue weighted by atomic mass is 9.79. The Morgan fingerprint density at radius 1 is 1.04 bits per heavy atom. The van der Waals surface area contributed by atoms with Gasteiger partial charge in [0, 0.05) is 41.3 Å². The summed E-state index contributed by atoms with van der Waals surface area (Å²) in [6.45, 7) is 1.96. The van der Waals surface area contributed by atoms with E-state index in [4.69, 9.17) is 4.74 Å². The van der Waals surface area contributed by atoms with Gasteiger partial charge >= 0.3 is 0 Å². The minimum atomic E-state index is 0.305. The average molecular weight is 344 g/mol. The molecule has 132 valence electrons. The maximum atomic E-state index is 5.97. The molecule has 2 aliphatic carbocycles. The number of anilines is 1. The zero-order chi connectivity index (χ0) is 17.1. The molecule has 2 saturated carbocycles. The Labute approximate surface area is 154 Å². The highest BCUT2D eigenvalue weighted by atomic mass is 16.5. The fourth-order valence-corrected chi connectivity index (χ4v) is 5.41. The molecule has 1 saturated heterocycles. The summed E-state index contributed by atoms with van der Waals surface area (Å²) in [6, 6.07) is 20.5. The van der Waals surface area contributed by atoms with Crippen molar-refractivity contribution in [3.8, 4) is 0 Å². The standard InChI is InChI=1S/C23H24N2O/c1-2-4-16(5-3-1)14-25(20-6-7-22-17(10-20)8-9-24-22)21-11-18-13-23(18)19(12-21)15-26-23/h1-10,18-19,21,24H,11-15H2. The lowest BCUT2D eigenvalue weighted by molar-refractivity contribution is -0.162. The van der Waals surface area contributed by atoms with E-state index in [1.165, 1.54) is 41.4 Å². The number of nitrogens with one attached hydrogen (secondary N) is 1. The van der Waals surface area contributed by atoms with Crippen LogP contribution in [0.15, 0.2) is 60.8 Å². The third-order valence-electron chi connectivity index (χ3n) is 6.96. The van der Waals surface area contributed by atoms with Gasteiger partial charge in [0.1, 0.15) is 0 Å². The maximum Gasteiger partial charge on any atom is 0.0767 e. The number of nitrogens with zero attached hydrogens (tertiary/aromatic N) is 1. The minimum Gasteiger partial charge on any atom is -0.374 e. The van der Waals surface area contributed by atoms with Gasteiger partial charge in [-0.2, -0.15) is 0 Å². The minimum absolute atomic E-state index is 0.305. The number of ether oxygens (including phenoxy) is 1. The monoisotopic (exact) mass is 344 g/mol. The molecule has 4 atom stereocenters. The van der Waals surface area contributed by atoms with E-state index in [1.807, 2.05) is 6.20 Å². The van der Waals surface area contributed by atoms with Crippen molar-refractivity contribution in [3.05, 3.63) is 66.4 Å². The molecule has 6 rings (SSSR count). The predicted molar refractivity (Wildman–Crippen MR) is 104 cm³/mol. The van der Waals surface area contributed by atoms with Gasteiger partial charge in [-0.1, -0.05) is 30.3 Å². The number of aromatic amines is 1. The van der Waals surface area contributed by atoms with Crippen molar-refractivity contribution in [2.45, 2.75) is 37.5 Å². The Morgan fingerprint density at radius 3 is 2.73 bits per heavy atom. The van der Waals surface area contributed by atoms with E-state index in [-0.39, 0.29) is 0 Å². The van der Waals surface area contributed by atoms with E-state index in [2.05, 4.69) is 64.5 Å². The fourth-order valence-electron chi connectivity index (χ4n) is 5.41. The zero-order valence-corrected chi connectivity index (χ0v) is 14.9. The summed E-state index contributed by atoms with van der Waals surface area (Å²) in [5.74, 6) is 1.56.